The van der Waals surface area contributed by atoms with Crippen LogP contribution in [0.4, 0.5) is 0 Å². The van der Waals surface area contributed by atoms with Crippen LogP contribution in [-0.4, -0.2) is 13.2 Å². The van der Waals surface area contributed by atoms with E-state index in [1.807, 2.05) is 13.0 Å². The van der Waals surface area contributed by atoms with Gasteiger partial charge in [-0.2, -0.15) is 0 Å². The Balaban J connectivity index is 1.76. The fourth-order valence-electron chi connectivity index (χ4n) is 2.44. The van der Waals surface area contributed by atoms with Gasteiger partial charge in [0, 0.05) is 5.56 Å². The number of hydrogen-bond acceptors (Lipinski definition) is 2. The summed E-state index contributed by atoms with van der Waals surface area (Å²) in [5.74, 6) is -0.564. The molecule has 2 aromatic carbocycles. The largest absolute Gasteiger partial charge is 0.344 e. The highest BCUT2D eigenvalue weighted by atomic mass is 16.7. The third-order valence-electron chi connectivity index (χ3n) is 3.57. The minimum atomic E-state index is -0.564. The summed E-state index contributed by atoms with van der Waals surface area (Å²) in [6, 6.07) is 19.0. The Morgan fingerprint density at radius 1 is 0.842 bits per heavy atom. The maximum absolute atomic E-state index is 5.66. The van der Waals surface area contributed by atoms with E-state index in [1.54, 1.807) is 0 Å². The molecule has 0 radical (unpaired) electrons. The summed E-state index contributed by atoms with van der Waals surface area (Å²) in [6.07, 6.45) is 0.958. The molecule has 0 aromatic heterocycles. The predicted molar refractivity (Wildman–Crippen MR) is 74.9 cm³/mol. The Morgan fingerprint density at radius 3 is 2.05 bits per heavy atom. The lowest BCUT2D eigenvalue weighted by Crippen LogP contribution is -2.22. The summed E-state index contributed by atoms with van der Waals surface area (Å²) < 4.78 is 11.3. The van der Waals surface area contributed by atoms with Gasteiger partial charge in [-0.05, 0) is 24.5 Å². The van der Waals surface area contributed by atoms with Gasteiger partial charge in [0.1, 0.15) is 0 Å². The van der Waals surface area contributed by atoms with Crippen molar-refractivity contribution in [3.8, 4) is 0 Å². The van der Waals surface area contributed by atoms with Gasteiger partial charge in [-0.25, -0.2) is 0 Å². The summed E-state index contributed by atoms with van der Waals surface area (Å²) in [4.78, 5) is 0. The van der Waals surface area contributed by atoms with Crippen molar-refractivity contribution in [3.05, 3.63) is 71.3 Å². The van der Waals surface area contributed by atoms with E-state index < -0.39 is 5.79 Å². The fourth-order valence-corrected chi connectivity index (χ4v) is 2.44. The number of rotatable bonds is 3. The summed E-state index contributed by atoms with van der Waals surface area (Å²) in [6.45, 7) is 3.32. The molecule has 0 atom stereocenters. The topological polar surface area (TPSA) is 18.5 Å². The van der Waals surface area contributed by atoms with E-state index in [0.717, 1.165) is 12.0 Å². The summed E-state index contributed by atoms with van der Waals surface area (Å²) >= 11 is 0. The minimum Gasteiger partial charge on any atom is -0.344 e. The van der Waals surface area contributed by atoms with Gasteiger partial charge in [0.05, 0.1) is 13.2 Å². The lowest BCUT2D eigenvalue weighted by atomic mass is 10.0. The average molecular weight is 254 g/mol. The molecule has 0 amide bonds. The first-order valence-electron chi connectivity index (χ1n) is 6.67. The number of benzene rings is 2. The summed E-state index contributed by atoms with van der Waals surface area (Å²) in [5.41, 5.74) is 3.72. The van der Waals surface area contributed by atoms with Crippen molar-refractivity contribution in [2.75, 3.05) is 13.2 Å². The van der Waals surface area contributed by atoms with Gasteiger partial charge in [0.2, 0.25) is 0 Å². The molecular formula is C17H18O2. The standard InChI is InChI=1S/C17H18O2/c1-17(18-11-12-19-17)16-9-7-15(8-10-16)13-14-5-3-2-4-6-14/h2-10H,11-13H2,1H3. The van der Waals surface area contributed by atoms with Gasteiger partial charge < -0.3 is 9.47 Å². The Hall–Kier alpha value is -1.64. The number of ether oxygens (including phenoxy) is 2. The van der Waals surface area contributed by atoms with Crippen molar-refractivity contribution in [1.82, 2.24) is 0 Å². The van der Waals surface area contributed by atoms with E-state index >= 15 is 0 Å². The highest BCUT2D eigenvalue weighted by Crippen LogP contribution is 2.30. The van der Waals surface area contributed by atoms with Crippen molar-refractivity contribution in [2.45, 2.75) is 19.1 Å². The minimum absolute atomic E-state index is 0.564. The summed E-state index contributed by atoms with van der Waals surface area (Å²) in [5, 5.41) is 0. The zero-order chi connectivity index (χ0) is 13.1. The second-order valence-corrected chi connectivity index (χ2v) is 5.00. The third-order valence-corrected chi connectivity index (χ3v) is 3.57. The zero-order valence-electron chi connectivity index (χ0n) is 11.1. The molecule has 0 aliphatic carbocycles. The van der Waals surface area contributed by atoms with E-state index in [2.05, 4.69) is 48.5 Å². The molecule has 0 saturated carbocycles. The lowest BCUT2D eigenvalue weighted by molar-refractivity contribution is -0.149. The van der Waals surface area contributed by atoms with E-state index in [1.165, 1.54) is 11.1 Å². The molecule has 0 N–H and O–H groups in total. The number of hydrogen-bond donors (Lipinski definition) is 0. The van der Waals surface area contributed by atoms with E-state index in [4.69, 9.17) is 9.47 Å². The Kier molecular flexibility index (Phi) is 3.36. The highest BCUT2D eigenvalue weighted by Gasteiger charge is 2.32. The second-order valence-electron chi connectivity index (χ2n) is 5.00. The van der Waals surface area contributed by atoms with Gasteiger partial charge in [0.15, 0.2) is 5.79 Å². The van der Waals surface area contributed by atoms with Crippen molar-refractivity contribution in [3.63, 3.8) is 0 Å². The molecule has 1 heterocycles. The Morgan fingerprint density at radius 2 is 1.42 bits per heavy atom. The molecule has 2 heteroatoms. The van der Waals surface area contributed by atoms with E-state index in [9.17, 15) is 0 Å². The molecule has 3 rings (SSSR count). The zero-order valence-corrected chi connectivity index (χ0v) is 11.1. The van der Waals surface area contributed by atoms with Crippen LogP contribution in [0.3, 0.4) is 0 Å². The van der Waals surface area contributed by atoms with E-state index in [-0.39, 0.29) is 0 Å². The van der Waals surface area contributed by atoms with Gasteiger partial charge in [-0.3, -0.25) is 0 Å². The van der Waals surface area contributed by atoms with Crippen LogP contribution >= 0.6 is 0 Å². The van der Waals surface area contributed by atoms with Crippen molar-refractivity contribution in [2.24, 2.45) is 0 Å². The molecule has 19 heavy (non-hydrogen) atoms. The monoisotopic (exact) mass is 254 g/mol. The smallest absolute Gasteiger partial charge is 0.192 e. The quantitative estimate of drug-likeness (QED) is 0.834. The highest BCUT2D eigenvalue weighted by molar-refractivity contribution is 5.30. The molecule has 0 bridgehead atoms. The molecule has 1 aliphatic heterocycles. The second kappa shape index (κ2) is 5.16. The van der Waals surface area contributed by atoms with Gasteiger partial charge in [-0.1, -0.05) is 54.6 Å². The van der Waals surface area contributed by atoms with Crippen LogP contribution in [-0.2, 0) is 21.7 Å². The third kappa shape index (κ3) is 2.70. The SMILES string of the molecule is CC1(c2ccc(Cc3ccccc3)cc2)OCCO1. The van der Waals surface area contributed by atoms with E-state index in [0.29, 0.717) is 13.2 Å². The summed E-state index contributed by atoms with van der Waals surface area (Å²) in [7, 11) is 0. The first-order valence-corrected chi connectivity index (χ1v) is 6.67. The van der Waals surface area contributed by atoms with Crippen LogP contribution in [0.1, 0.15) is 23.6 Å². The molecule has 2 aromatic rings. The van der Waals surface area contributed by atoms with Gasteiger partial charge in [-0.15, -0.1) is 0 Å². The van der Waals surface area contributed by atoms with Crippen molar-refractivity contribution < 1.29 is 9.47 Å². The fraction of sp³-hybridized carbons (Fsp3) is 0.294. The Labute approximate surface area is 114 Å². The molecule has 98 valence electrons. The van der Waals surface area contributed by atoms with Crippen LogP contribution in [0.2, 0.25) is 0 Å². The van der Waals surface area contributed by atoms with Crippen LogP contribution < -0.4 is 0 Å². The molecule has 0 spiro atoms. The molecule has 0 unspecified atom stereocenters. The molecular weight excluding hydrogens is 236 g/mol. The van der Waals surface area contributed by atoms with Crippen LogP contribution in [0, 0.1) is 0 Å². The van der Waals surface area contributed by atoms with Crippen LogP contribution in [0.15, 0.2) is 54.6 Å². The maximum Gasteiger partial charge on any atom is 0.192 e. The van der Waals surface area contributed by atoms with Gasteiger partial charge >= 0.3 is 0 Å². The van der Waals surface area contributed by atoms with Crippen LogP contribution in [0.25, 0.3) is 0 Å². The maximum atomic E-state index is 5.66. The molecule has 2 nitrogen and oxygen atoms in total. The normalized spacial score (nSPS) is 17.5. The van der Waals surface area contributed by atoms with Crippen molar-refractivity contribution in [1.29, 1.82) is 0 Å². The van der Waals surface area contributed by atoms with Crippen LogP contribution in [0.5, 0.6) is 0 Å². The molecule has 1 aliphatic rings. The first kappa shape index (κ1) is 12.4. The predicted octanol–water partition coefficient (Wildman–Crippen LogP) is 3.50. The molecule has 1 saturated heterocycles. The average Bonchev–Trinajstić information content (AvgIpc) is 2.89. The Bertz CT molecular complexity index is 525. The molecule has 1 fully saturated rings. The van der Waals surface area contributed by atoms with Gasteiger partial charge in [0.25, 0.3) is 0 Å². The lowest BCUT2D eigenvalue weighted by Gasteiger charge is -2.22. The first-order chi connectivity index (χ1) is 9.26. The van der Waals surface area contributed by atoms with Crippen molar-refractivity contribution >= 4 is 0 Å².